The van der Waals surface area contributed by atoms with Crippen LogP contribution in [0.3, 0.4) is 0 Å². The zero-order chi connectivity index (χ0) is 21.4. The molecule has 1 aromatic carbocycles. The molecule has 0 amide bonds. The van der Waals surface area contributed by atoms with E-state index in [0.29, 0.717) is 32.0 Å². The lowest BCUT2D eigenvalue weighted by Crippen LogP contribution is -2.45. The molecular weight excluding hydrogens is 522 g/mol. The third-order valence-corrected chi connectivity index (χ3v) is 5.86. The number of guanidine groups is 1. The quantitative estimate of drug-likeness (QED) is 0.302. The minimum atomic E-state index is -4.08. The first-order valence-corrected chi connectivity index (χ1v) is 10.7. The van der Waals surface area contributed by atoms with Gasteiger partial charge in [-0.3, -0.25) is 4.99 Å². The second-order valence-electron chi connectivity index (χ2n) is 8.10. The molecule has 1 heterocycles. The highest BCUT2D eigenvalue weighted by atomic mass is 127. The molecule has 1 aliphatic carbocycles. The van der Waals surface area contributed by atoms with E-state index in [1.807, 2.05) is 12.1 Å². The molecule has 3 rings (SSSR count). The smallest absolute Gasteiger partial charge is 0.381 e. The highest BCUT2D eigenvalue weighted by Gasteiger charge is 2.41. The second kappa shape index (κ2) is 12.8. The molecule has 31 heavy (non-hydrogen) atoms. The summed E-state index contributed by atoms with van der Waals surface area (Å²) >= 11 is 0. The fourth-order valence-corrected chi connectivity index (χ4v) is 4.02. The van der Waals surface area contributed by atoms with Crippen molar-refractivity contribution in [3.05, 3.63) is 35.4 Å². The minimum Gasteiger partial charge on any atom is -0.381 e. The number of ether oxygens (including phenoxy) is 2. The van der Waals surface area contributed by atoms with Gasteiger partial charge in [0.05, 0.1) is 18.6 Å². The molecule has 176 valence electrons. The molecule has 0 spiro atoms. The maximum absolute atomic E-state index is 12.8. The number of hydrogen-bond donors (Lipinski definition) is 2. The lowest BCUT2D eigenvalue weighted by molar-refractivity contribution is -0.182. The van der Waals surface area contributed by atoms with E-state index < -0.39 is 12.1 Å². The summed E-state index contributed by atoms with van der Waals surface area (Å²) in [5.41, 5.74) is 2.22. The number of nitrogens with zero attached hydrogens (tertiary/aromatic N) is 1. The van der Waals surface area contributed by atoms with Crippen LogP contribution in [0.2, 0.25) is 0 Å². The van der Waals surface area contributed by atoms with Gasteiger partial charge in [0.15, 0.2) is 5.96 Å². The maximum Gasteiger partial charge on any atom is 0.391 e. The largest absolute Gasteiger partial charge is 0.391 e. The van der Waals surface area contributed by atoms with E-state index in [9.17, 15) is 13.2 Å². The zero-order valence-corrected chi connectivity index (χ0v) is 20.2. The maximum atomic E-state index is 12.8. The summed E-state index contributed by atoms with van der Waals surface area (Å²) in [6.07, 6.45) is -0.586. The van der Waals surface area contributed by atoms with Crippen molar-refractivity contribution in [2.24, 2.45) is 10.9 Å². The van der Waals surface area contributed by atoms with Crippen LogP contribution < -0.4 is 10.6 Å². The molecule has 0 unspecified atom stereocenters. The Balaban J connectivity index is 0.00000341. The van der Waals surface area contributed by atoms with Crippen LogP contribution in [0.15, 0.2) is 29.3 Å². The fraction of sp³-hybridized carbons (Fsp3) is 0.682. The lowest BCUT2D eigenvalue weighted by atomic mass is 9.85. The van der Waals surface area contributed by atoms with Gasteiger partial charge >= 0.3 is 6.18 Å². The first-order valence-electron chi connectivity index (χ1n) is 10.7. The van der Waals surface area contributed by atoms with E-state index >= 15 is 0 Å². The molecule has 9 heteroatoms. The third-order valence-electron chi connectivity index (χ3n) is 5.86. The predicted molar refractivity (Wildman–Crippen MR) is 126 cm³/mol. The Morgan fingerprint density at radius 3 is 2.42 bits per heavy atom. The van der Waals surface area contributed by atoms with Crippen molar-refractivity contribution < 1.29 is 22.6 Å². The van der Waals surface area contributed by atoms with Crippen LogP contribution in [0.25, 0.3) is 0 Å². The van der Waals surface area contributed by atoms with Crippen molar-refractivity contribution in [3.63, 3.8) is 0 Å². The molecule has 1 aliphatic heterocycles. The molecule has 0 atom stereocenters. The standard InChI is InChI=1S/C22H32F3N3O2.HI/c1-26-21(28-19-7-5-18(6-8-19)22(23,24)25)27-14-16-3-2-4-17(13-16)15-30-20-9-11-29-12-10-20;/h2-4,13,18-20H,5-12,14-15H2,1H3,(H2,26,27,28);1H. The molecule has 1 aromatic rings. The van der Waals surface area contributed by atoms with Gasteiger partial charge in [0.2, 0.25) is 0 Å². The lowest BCUT2D eigenvalue weighted by Gasteiger charge is -2.31. The Labute approximate surface area is 199 Å². The summed E-state index contributed by atoms with van der Waals surface area (Å²) in [6, 6.07) is 8.22. The van der Waals surface area contributed by atoms with E-state index in [0.717, 1.165) is 37.2 Å². The van der Waals surface area contributed by atoms with E-state index in [4.69, 9.17) is 9.47 Å². The van der Waals surface area contributed by atoms with Crippen LogP contribution in [0, 0.1) is 5.92 Å². The topological polar surface area (TPSA) is 54.9 Å². The molecule has 2 fully saturated rings. The van der Waals surface area contributed by atoms with Gasteiger partial charge in [-0.15, -0.1) is 24.0 Å². The Bertz CT molecular complexity index is 689. The highest BCUT2D eigenvalue weighted by Crippen LogP contribution is 2.37. The SMILES string of the molecule is CN=C(NCc1cccc(COC2CCOCC2)c1)NC1CCC(C(F)(F)F)CC1.I. The van der Waals surface area contributed by atoms with E-state index in [1.54, 1.807) is 7.05 Å². The number of nitrogens with one attached hydrogen (secondary N) is 2. The summed E-state index contributed by atoms with van der Waals surface area (Å²) < 4.78 is 49.8. The molecule has 0 bridgehead atoms. The predicted octanol–water partition coefficient (Wildman–Crippen LogP) is 4.79. The van der Waals surface area contributed by atoms with Crippen molar-refractivity contribution in [1.29, 1.82) is 0 Å². The average Bonchev–Trinajstić information content (AvgIpc) is 2.76. The van der Waals surface area contributed by atoms with Crippen LogP contribution in [-0.2, 0) is 22.6 Å². The molecule has 2 N–H and O–H groups in total. The van der Waals surface area contributed by atoms with Gasteiger partial charge in [-0.1, -0.05) is 24.3 Å². The number of rotatable bonds is 6. The first-order chi connectivity index (χ1) is 14.4. The highest BCUT2D eigenvalue weighted by molar-refractivity contribution is 14.0. The van der Waals surface area contributed by atoms with E-state index in [-0.39, 0.29) is 49.0 Å². The van der Waals surface area contributed by atoms with Crippen LogP contribution >= 0.6 is 24.0 Å². The van der Waals surface area contributed by atoms with Crippen LogP contribution in [0.4, 0.5) is 13.2 Å². The minimum absolute atomic E-state index is 0. The molecule has 0 aromatic heterocycles. The van der Waals surface area contributed by atoms with Crippen molar-refractivity contribution in [1.82, 2.24) is 10.6 Å². The zero-order valence-electron chi connectivity index (χ0n) is 17.9. The average molecular weight is 555 g/mol. The van der Waals surface area contributed by atoms with Crippen LogP contribution in [-0.4, -0.2) is 44.5 Å². The van der Waals surface area contributed by atoms with E-state index in [2.05, 4.69) is 27.8 Å². The van der Waals surface area contributed by atoms with Gasteiger partial charge < -0.3 is 20.1 Å². The molecular formula is C22H33F3IN3O2. The summed E-state index contributed by atoms with van der Waals surface area (Å²) in [7, 11) is 1.68. The van der Waals surface area contributed by atoms with Gasteiger partial charge in [-0.25, -0.2) is 0 Å². The normalized spacial score (nSPS) is 23.2. The van der Waals surface area contributed by atoms with Crippen molar-refractivity contribution in [3.8, 4) is 0 Å². The monoisotopic (exact) mass is 555 g/mol. The van der Waals surface area contributed by atoms with Gasteiger partial charge in [-0.2, -0.15) is 13.2 Å². The summed E-state index contributed by atoms with van der Waals surface area (Å²) in [4.78, 5) is 4.22. The van der Waals surface area contributed by atoms with Gasteiger partial charge in [-0.05, 0) is 49.7 Å². The summed E-state index contributed by atoms with van der Waals surface area (Å²) in [5.74, 6) is -0.550. The van der Waals surface area contributed by atoms with Crippen LogP contribution in [0.5, 0.6) is 0 Å². The number of aliphatic imine (C=N–C) groups is 1. The number of alkyl halides is 3. The van der Waals surface area contributed by atoms with Gasteiger partial charge in [0, 0.05) is 32.8 Å². The molecule has 0 radical (unpaired) electrons. The number of benzene rings is 1. The van der Waals surface area contributed by atoms with Gasteiger partial charge in [0.25, 0.3) is 0 Å². The van der Waals surface area contributed by atoms with Crippen molar-refractivity contribution in [2.45, 2.75) is 70.0 Å². The fourth-order valence-electron chi connectivity index (χ4n) is 4.02. The Kier molecular flexibility index (Phi) is 10.8. The summed E-state index contributed by atoms with van der Waals surface area (Å²) in [6.45, 7) is 2.69. The van der Waals surface area contributed by atoms with Crippen LogP contribution in [0.1, 0.15) is 49.7 Å². The van der Waals surface area contributed by atoms with Gasteiger partial charge in [0.1, 0.15) is 0 Å². The second-order valence-corrected chi connectivity index (χ2v) is 8.10. The molecule has 5 nitrogen and oxygen atoms in total. The third kappa shape index (κ3) is 8.76. The molecule has 1 saturated heterocycles. The number of hydrogen-bond acceptors (Lipinski definition) is 3. The van der Waals surface area contributed by atoms with Crippen molar-refractivity contribution >= 4 is 29.9 Å². The number of halogens is 4. The van der Waals surface area contributed by atoms with Crippen molar-refractivity contribution in [2.75, 3.05) is 20.3 Å². The van der Waals surface area contributed by atoms with E-state index in [1.165, 1.54) is 0 Å². The Morgan fingerprint density at radius 2 is 1.77 bits per heavy atom. The first kappa shape index (κ1) is 26.2. The molecule has 2 aliphatic rings. The summed E-state index contributed by atoms with van der Waals surface area (Å²) in [5, 5.41) is 6.53. The Hall–Kier alpha value is -1.07. The molecule has 1 saturated carbocycles. The Morgan fingerprint density at radius 1 is 1.10 bits per heavy atom.